The van der Waals surface area contributed by atoms with Gasteiger partial charge in [-0.2, -0.15) is 0 Å². The molecule has 2 aromatic rings. The summed E-state index contributed by atoms with van der Waals surface area (Å²) in [6.45, 7) is 2.33. The third-order valence-corrected chi connectivity index (χ3v) is 4.25. The largest absolute Gasteiger partial charge is 0.504 e. The Morgan fingerprint density at radius 3 is 2.58 bits per heavy atom. The molecule has 0 saturated carbocycles. The summed E-state index contributed by atoms with van der Waals surface area (Å²) in [5.41, 5.74) is 2.82. The van der Waals surface area contributed by atoms with E-state index >= 15 is 0 Å². The smallest absolute Gasteiger partial charge is 0.290 e. The Kier molecular flexibility index (Phi) is 4.57. The van der Waals surface area contributed by atoms with Crippen LogP contribution in [-0.4, -0.2) is 16.3 Å². The van der Waals surface area contributed by atoms with Crippen LogP contribution in [0.25, 0.3) is 6.08 Å². The fourth-order valence-electron chi connectivity index (χ4n) is 2.15. The van der Waals surface area contributed by atoms with E-state index in [2.05, 4.69) is 5.32 Å². The molecule has 1 fully saturated rings. The van der Waals surface area contributed by atoms with E-state index < -0.39 is 5.91 Å². The molecule has 1 saturated heterocycles. The molecular formula is C18H15NO4S. The average Bonchev–Trinajstić information content (AvgIpc) is 2.87. The van der Waals surface area contributed by atoms with Crippen LogP contribution >= 0.6 is 11.8 Å². The fraction of sp³-hybridized carbons (Fsp3) is 0.111. The molecular weight excluding hydrogens is 326 g/mol. The van der Waals surface area contributed by atoms with E-state index in [0.29, 0.717) is 22.8 Å². The quantitative estimate of drug-likeness (QED) is 0.831. The number of nitrogens with one attached hydrogen (secondary N) is 1. The minimum Gasteiger partial charge on any atom is -0.504 e. The second kappa shape index (κ2) is 6.80. The van der Waals surface area contributed by atoms with Gasteiger partial charge < -0.3 is 9.84 Å². The first-order valence-electron chi connectivity index (χ1n) is 7.27. The summed E-state index contributed by atoms with van der Waals surface area (Å²) >= 11 is 0.848. The highest BCUT2D eigenvalue weighted by Gasteiger charge is 2.25. The van der Waals surface area contributed by atoms with Gasteiger partial charge in [-0.3, -0.25) is 14.9 Å². The summed E-state index contributed by atoms with van der Waals surface area (Å²) in [6, 6.07) is 12.7. The van der Waals surface area contributed by atoms with Gasteiger partial charge in [-0.05, 0) is 48.0 Å². The van der Waals surface area contributed by atoms with Gasteiger partial charge in [-0.15, -0.1) is 0 Å². The Morgan fingerprint density at radius 1 is 1.17 bits per heavy atom. The van der Waals surface area contributed by atoms with Gasteiger partial charge in [0.1, 0.15) is 6.61 Å². The van der Waals surface area contributed by atoms with Crippen LogP contribution in [-0.2, 0) is 11.4 Å². The normalized spacial score (nSPS) is 15.6. The van der Waals surface area contributed by atoms with Crippen LogP contribution < -0.4 is 10.1 Å². The van der Waals surface area contributed by atoms with E-state index in [9.17, 15) is 14.7 Å². The number of ether oxygens (including phenoxy) is 1. The molecule has 6 heteroatoms. The number of carbonyl (C=O) groups is 2. The highest BCUT2D eigenvalue weighted by atomic mass is 32.2. The van der Waals surface area contributed by atoms with Crippen molar-refractivity contribution in [2.24, 2.45) is 0 Å². The number of benzene rings is 2. The van der Waals surface area contributed by atoms with Crippen molar-refractivity contribution >= 4 is 29.0 Å². The van der Waals surface area contributed by atoms with Crippen LogP contribution in [0.1, 0.15) is 16.7 Å². The van der Waals surface area contributed by atoms with Gasteiger partial charge in [-0.25, -0.2) is 0 Å². The first-order valence-corrected chi connectivity index (χ1v) is 8.09. The third kappa shape index (κ3) is 3.78. The monoisotopic (exact) mass is 341 g/mol. The second-order valence-corrected chi connectivity index (χ2v) is 6.37. The number of aromatic hydroxyl groups is 1. The topological polar surface area (TPSA) is 75.6 Å². The molecule has 0 aliphatic carbocycles. The number of amides is 2. The molecule has 2 amide bonds. The van der Waals surface area contributed by atoms with E-state index in [1.165, 1.54) is 6.07 Å². The molecule has 1 aliphatic rings. The predicted octanol–water partition coefficient (Wildman–Crippen LogP) is 3.60. The number of rotatable bonds is 4. The highest BCUT2D eigenvalue weighted by Crippen LogP contribution is 2.31. The number of imide groups is 1. The Balaban J connectivity index is 1.76. The Bertz CT molecular complexity index is 827. The first-order chi connectivity index (χ1) is 11.5. The van der Waals surface area contributed by atoms with Crippen molar-refractivity contribution in [3.8, 4) is 11.5 Å². The number of hydrogen-bond donors (Lipinski definition) is 2. The zero-order valence-corrected chi connectivity index (χ0v) is 13.7. The lowest BCUT2D eigenvalue weighted by Gasteiger charge is -2.09. The molecule has 0 aromatic heterocycles. The predicted molar refractivity (Wildman–Crippen MR) is 92.7 cm³/mol. The minimum absolute atomic E-state index is 0.0175. The molecule has 1 heterocycles. The van der Waals surface area contributed by atoms with Crippen molar-refractivity contribution in [2.75, 3.05) is 0 Å². The van der Waals surface area contributed by atoms with Gasteiger partial charge in [0.15, 0.2) is 11.5 Å². The third-order valence-electron chi connectivity index (χ3n) is 3.44. The van der Waals surface area contributed by atoms with Crippen molar-refractivity contribution in [3.05, 3.63) is 64.1 Å². The van der Waals surface area contributed by atoms with E-state index in [1.807, 2.05) is 31.2 Å². The molecule has 2 N–H and O–H groups in total. The standard InChI is InChI=1S/C18H15NO4S/c1-11-2-4-12(5-3-11)10-23-15-8-13(6-7-14(15)20)9-16-17(21)19-18(22)24-16/h2-9,20H,10H2,1H3,(H,19,21,22)/b16-9+. The highest BCUT2D eigenvalue weighted by molar-refractivity contribution is 8.18. The Hall–Kier alpha value is -2.73. The fourth-order valence-corrected chi connectivity index (χ4v) is 2.84. The number of aryl methyl sites for hydroxylation is 1. The van der Waals surface area contributed by atoms with E-state index in [1.54, 1.807) is 18.2 Å². The number of phenolic OH excluding ortho intramolecular Hbond substituents is 1. The molecule has 0 bridgehead atoms. The molecule has 3 rings (SSSR count). The van der Waals surface area contributed by atoms with Crippen LogP contribution in [0.2, 0.25) is 0 Å². The van der Waals surface area contributed by atoms with Crippen molar-refractivity contribution < 1.29 is 19.4 Å². The van der Waals surface area contributed by atoms with Crippen LogP contribution in [0.15, 0.2) is 47.4 Å². The summed E-state index contributed by atoms with van der Waals surface area (Å²) in [5.74, 6) is -0.0799. The number of hydrogen-bond acceptors (Lipinski definition) is 5. The SMILES string of the molecule is Cc1ccc(COc2cc(/C=C3/SC(=O)NC3=O)ccc2O)cc1. The maximum absolute atomic E-state index is 11.6. The molecule has 0 unspecified atom stereocenters. The molecule has 0 atom stereocenters. The lowest BCUT2D eigenvalue weighted by molar-refractivity contribution is -0.115. The molecule has 24 heavy (non-hydrogen) atoms. The van der Waals surface area contributed by atoms with Crippen molar-refractivity contribution in [1.29, 1.82) is 0 Å². The molecule has 5 nitrogen and oxygen atoms in total. The van der Waals surface area contributed by atoms with Gasteiger partial charge in [0.25, 0.3) is 11.1 Å². The van der Waals surface area contributed by atoms with Gasteiger partial charge in [0, 0.05) is 0 Å². The number of thioether (sulfide) groups is 1. The molecule has 2 aromatic carbocycles. The van der Waals surface area contributed by atoms with Crippen LogP contribution in [0.5, 0.6) is 11.5 Å². The van der Waals surface area contributed by atoms with E-state index in [4.69, 9.17) is 4.74 Å². The summed E-state index contributed by atoms with van der Waals surface area (Å²) < 4.78 is 5.66. The van der Waals surface area contributed by atoms with Crippen LogP contribution in [0, 0.1) is 6.92 Å². The first kappa shape index (κ1) is 16.1. The summed E-state index contributed by atoms with van der Waals surface area (Å²) in [7, 11) is 0. The van der Waals surface area contributed by atoms with E-state index in [-0.39, 0.29) is 11.0 Å². The van der Waals surface area contributed by atoms with Crippen molar-refractivity contribution in [2.45, 2.75) is 13.5 Å². The summed E-state index contributed by atoms with van der Waals surface area (Å²) in [4.78, 5) is 23.1. The zero-order chi connectivity index (χ0) is 17.1. The maximum atomic E-state index is 11.6. The number of phenols is 1. The van der Waals surface area contributed by atoms with Gasteiger partial charge >= 0.3 is 0 Å². The number of carbonyl (C=O) groups excluding carboxylic acids is 2. The average molecular weight is 341 g/mol. The molecule has 1 aliphatic heterocycles. The van der Waals surface area contributed by atoms with Gasteiger partial charge in [-0.1, -0.05) is 35.9 Å². The van der Waals surface area contributed by atoms with Crippen LogP contribution in [0.3, 0.4) is 0 Å². The maximum Gasteiger partial charge on any atom is 0.290 e. The molecule has 0 radical (unpaired) electrons. The lowest BCUT2D eigenvalue weighted by Crippen LogP contribution is -2.17. The Labute approximate surface area is 143 Å². The van der Waals surface area contributed by atoms with E-state index in [0.717, 1.165) is 22.9 Å². The summed E-state index contributed by atoms with van der Waals surface area (Å²) in [5, 5.41) is 11.7. The Morgan fingerprint density at radius 2 is 1.92 bits per heavy atom. The summed E-state index contributed by atoms with van der Waals surface area (Å²) in [6.07, 6.45) is 1.59. The minimum atomic E-state index is -0.416. The molecule has 122 valence electrons. The van der Waals surface area contributed by atoms with Gasteiger partial charge in [0.2, 0.25) is 0 Å². The lowest BCUT2D eigenvalue weighted by atomic mass is 10.1. The van der Waals surface area contributed by atoms with Gasteiger partial charge in [0.05, 0.1) is 4.91 Å². The second-order valence-electron chi connectivity index (χ2n) is 5.35. The molecule has 0 spiro atoms. The van der Waals surface area contributed by atoms with Crippen molar-refractivity contribution in [3.63, 3.8) is 0 Å². The zero-order valence-electron chi connectivity index (χ0n) is 12.9. The van der Waals surface area contributed by atoms with Crippen molar-refractivity contribution in [1.82, 2.24) is 5.32 Å². The van der Waals surface area contributed by atoms with Crippen LogP contribution in [0.4, 0.5) is 4.79 Å².